The van der Waals surface area contributed by atoms with Gasteiger partial charge < -0.3 is 25.7 Å². The fraction of sp³-hybridized carbons (Fsp3) is 0.556. The molecule has 256 valence electrons. The number of nitrogens with one attached hydrogen (secondary N) is 2. The molecule has 2 aliphatic heterocycles. The van der Waals surface area contributed by atoms with E-state index in [1.165, 1.54) is 12.1 Å². The van der Waals surface area contributed by atoms with Crippen molar-refractivity contribution in [2.45, 2.75) is 102 Å². The topological polar surface area (TPSA) is 139 Å². The highest BCUT2D eigenvalue weighted by Gasteiger charge is 2.55. The van der Waals surface area contributed by atoms with Gasteiger partial charge in [0.15, 0.2) is 0 Å². The Hall–Kier alpha value is -3.47. The second-order valence-corrected chi connectivity index (χ2v) is 13.2. The Labute approximate surface area is 283 Å². The number of carboxylic acids is 1. The van der Waals surface area contributed by atoms with Crippen molar-refractivity contribution in [3.8, 4) is 0 Å². The maximum atomic E-state index is 13.9. The lowest BCUT2D eigenvalue weighted by Gasteiger charge is -2.52. The van der Waals surface area contributed by atoms with Crippen LogP contribution in [0, 0.1) is 5.92 Å². The molecule has 0 unspecified atom stereocenters. The Morgan fingerprint density at radius 3 is 2.17 bits per heavy atom. The third-order valence-electron chi connectivity index (χ3n) is 10.2. The van der Waals surface area contributed by atoms with E-state index in [0.717, 1.165) is 62.5 Å². The minimum Gasteiger partial charge on any atom is -0.478 e. The van der Waals surface area contributed by atoms with Gasteiger partial charge in [0.25, 0.3) is 5.91 Å². The number of aromatic carboxylic acids is 1. The monoisotopic (exact) mass is 668 g/mol. The van der Waals surface area contributed by atoms with Gasteiger partial charge >= 0.3 is 5.97 Å². The second kappa shape index (κ2) is 16.6. The van der Waals surface area contributed by atoms with Crippen molar-refractivity contribution in [2.75, 3.05) is 19.6 Å². The summed E-state index contributed by atoms with van der Waals surface area (Å²) in [5.74, 6) is -1.41. The lowest BCUT2D eigenvalue weighted by molar-refractivity contribution is -0.166. The molecule has 2 heterocycles. The van der Waals surface area contributed by atoms with E-state index in [4.69, 9.17) is 5.11 Å². The van der Waals surface area contributed by atoms with Crippen LogP contribution in [0.5, 0.6) is 0 Å². The highest BCUT2D eigenvalue weighted by Crippen LogP contribution is 2.36. The molecule has 2 saturated heterocycles. The van der Waals surface area contributed by atoms with Crippen LogP contribution in [0.3, 0.4) is 0 Å². The molecular weight excluding hydrogens is 620 g/mol. The van der Waals surface area contributed by atoms with E-state index >= 15 is 0 Å². The van der Waals surface area contributed by atoms with Gasteiger partial charge in [0.05, 0.1) is 11.7 Å². The van der Waals surface area contributed by atoms with E-state index in [0.29, 0.717) is 51.1 Å². The number of aliphatic hydroxyl groups excluding tert-OH is 1. The van der Waals surface area contributed by atoms with Crippen molar-refractivity contribution in [3.63, 3.8) is 0 Å². The summed E-state index contributed by atoms with van der Waals surface area (Å²) in [7, 11) is 0. The first kappa shape index (κ1) is 36.4. The molecule has 2 aromatic carbocycles. The molecule has 1 spiro atoms. The number of unbranched alkanes of at least 4 members (excludes halogenated alkanes) is 2. The van der Waals surface area contributed by atoms with Gasteiger partial charge in [-0.25, -0.2) is 4.79 Å². The van der Waals surface area contributed by atoms with Crippen LogP contribution in [0.2, 0.25) is 0 Å². The molecule has 10 nitrogen and oxygen atoms in total. The number of carbonyl (C=O) groups excluding carboxylic acids is 3. The van der Waals surface area contributed by atoms with Crippen molar-refractivity contribution in [1.29, 1.82) is 0 Å². The summed E-state index contributed by atoms with van der Waals surface area (Å²) in [6.07, 6.45) is 8.13. The number of aliphatic hydroxyl groups is 1. The number of carbonyl (C=O) groups is 4. The summed E-state index contributed by atoms with van der Waals surface area (Å²) in [5.41, 5.74) is 1.71. The smallest absolute Gasteiger partial charge is 0.335 e. The Morgan fingerprint density at radius 2 is 1.55 bits per heavy atom. The molecule has 0 bridgehead atoms. The Balaban J connectivity index is 0.00000500. The Bertz CT molecular complexity index is 1370. The van der Waals surface area contributed by atoms with Crippen molar-refractivity contribution in [2.24, 2.45) is 5.92 Å². The first-order valence-electron chi connectivity index (χ1n) is 16.9. The van der Waals surface area contributed by atoms with Gasteiger partial charge in [0.1, 0.15) is 11.6 Å². The molecule has 0 radical (unpaired) electrons. The lowest BCUT2D eigenvalue weighted by atomic mass is 9.78. The number of nitrogens with zero attached hydrogens (tertiary/aromatic N) is 2. The van der Waals surface area contributed by atoms with Gasteiger partial charge in [-0.15, -0.1) is 12.4 Å². The summed E-state index contributed by atoms with van der Waals surface area (Å²) >= 11 is 0. The van der Waals surface area contributed by atoms with E-state index in [1.807, 2.05) is 17.0 Å². The SMILES string of the molecule is CCCCCN1C(=O)[C@@H]([C@H](O)C2CCCCC2)NC(=O)C12CCN(Cc1ccc(C(=O)NCc3ccc(C(=O)O)cc3)cc1)CC2.Cl. The Morgan fingerprint density at radius 1 is 0.936 bits per heavy atom. The number of benzene rings is 2. The molecule has 5 rings (SSSR count). The highest BCUT2D eigenvalue weighted by molar-refractivity contribution is 6.00. The van der Waals surface area contributed by atoms with Gasteiger partial charge in [0.2, 0.25) is 11.8 Å². The lowest BCUT2D eigenvalue weighted by Crippen LogP contribution is -2.75. The first-order chi connectivity index (χ1) is 22.2. The number of carboxylic acid groups (broad SMARTS) is 1. The molecule has 1 saturated carbocycles. The van der Waals surface area contributed by atoms with Crippen molar-refractivity contribution < 1.29 is 29.4 Å². The van der Waals surface area contributed by atoms with Crippen molar-refractivity contribution in [1.82, 2.24) is 20.4 Å². The molecule has 3 amide bonds. The zero-order valence-electron chi connectivity index (χ0n) is 27.3. The number of amides is 3. The number of halogens is 1. The number of hydrogen-bond donors (Lipinski definition) is 4. The number of piperazine rings is 1. The van der Waals surface area contributed by atoms with E-state index in [9.17, 15) is 24.3 Å². The van der Waals surface area contributed by atoms with E-state index in [2.05, 4.69) is 22.5 Å². The van der Waals surface area contributed by atoms with Crippen LogP contribution in [0.15, 0.2) is 48.5 Å². The van der Waals surface area contributed by atoms with Gasteiger partial charge in [-0.2, -0.15) is 0 Å². The molecule has 2 atom stereocenters. The van der Waals surface area contributed by atoms with Crippen LogP contribution in [0.4, 0.5) is 0 Å². The maximum absolute atomic E-state index is 13.9. The molecular formula is C36H49ClN4O6. The fourth-order valence-electron chi connectivity index (χ4n) is 7.31. The van der Waals surface area contributed by atoms with Crippen LogP contribution >= 0.6 is 12.4 Å². The third-order valence-corrected chi connectivity index (χ3v) is 10.2. The van der Waals surface area contributed by atoms with E-state index < -0.39 is 23.7 Å². The highest BCUT2D eigenvalue weighted by atomic mass is 35.5. The summed E-state index contributed by atoms with van der Waals surface area (Å²) < 4.78 is 0. The van der Waals surface area contributed by atoms with E-state index in [1.54, 1.807) is 24.3 Å². The average Bonchev–Trinajstić information content (AvgIpc) is 3.08. The maximum Gasteiger partial charge on any atom is 0.335 e. The minimum atomic E-state index is -0.988. The van der Waals surface area contributed by atoms with Crippen molar-refractivity contribution in [3.05, 3.63) is 70.8 Å². The predicted molar refractivity (Wildman–Crippen MR) is 181 cm³/mol. The largest absolute Gasteiger partial charge is 0.478 e. The number of hydrogen-bond acceptors (Lipinski definition) is 6. The zero-order chi connectivity index (χ0) is 32.7. The molecule has 2 aromatic rings. The second-order valence-electron chi connectivity index (χ2n) is 13.2. The molecule has 3 fully saturated rings. The summed E-state index contributed by atoms with van der Waals surface area (Å²) in [4.78, 5) is 55.6. The summed E-state index contributed by atoms with van der Waals surface area (Å²) in [6.45, 7) is 4.93. The van der Waals surface area contributed by atoms with Gasteiger partial charge in [-0.05, 0) is 73.4 Å². The average molecular weight is 669 g/mol. The standard InChI is InChI=1S/C36H48N4O6.ClH/c1-2-3-7-20-40-33(43)30(31(41)27-8-5-4-6-9-27)38-35(46)36(40)18-21-39(22-19-36)24-26-12-14-28(15-13-26)32(42)37-23-25-10-16-29(17-11-25)34(44)45;/h10-17,27,30-31,41H,2-9,18-24H2,1H3,(H,37,42)(H,38,46)(H,44,45);1H/t30-,31-;/m1./s1. The predicted octanol–water partition coefficient (Wildman–Crippen LogP) is 4.53. The molecule has 11 heteroatoms. The normalized spacial score (nSPS) is 20.7. The first-order valence-corrected chi connectivity index (χ1v) is 16.9. The number of rotatable bonds is 12. The Kier molecular flexibility index (Phi) is 12.8. The number of piperidine rings is 1. The molecule has 1 aliphatic carbocycles. The van der Waals surface area contributed by atoms with Crippen LogP contribution in [-0.4, -0.2) is 81.0 Å². The van der Waals surface area contributed by atoms with Crippen LogP contribution in [-0.2, 0) is 22.7 Å². The molecule has 0 aromatic heterocycles. The molecule has 4 N–H and O–H groups in total. The van der Waals surface area contributed by atoms with Crippen molar-refractivity contribution >= 4 is 36.1 Å². The van der Waals surface area contributed by atoms with Crippen LogP contribution < -0.4 is 10.6 Å². The minimum absolute atomic E-state index is 0. The quantitative estimate of drug-likeness (QED) is 0.244. The zero-order valence-corrected chi connectivity index (χ0v) is 28.1. The van der Waals surface area contributed by atoms with Gasteiger partial charge in [-0.3, -0.25) is 19.3 Å². The van der Waals surface area contributed by atoms with Gasteiger partial charge in [0, 0.05) is 38.3 Å². The summed E-state index contributed by atoms with van der Waals surface area (Å²) in [5, 5.41) is 26.1. The third kappa shape index (κ3) is 8.52. The van der Waals surface area contributed by atoms with Crippen LogP contribution in [0.25, 0.3) is 0 Å². The fourth-order valence-corrected chi connectivity index (χ4v) is 7.31. The molecule has 47 heavy (non-hydrogen) atoms. The molecule has 3 aliphatic rings. The summed E-state index contributed by atoms with van der Waals surface area (Å²) in [6, 6.07) is 13.0. The van der Waals surface area contributed by atoms with Crippen LogP contribution in [0.1, 0.15) is 103 Å². The van der Waals surface area contributed by atoms with E-state index in [-0.39, 0.29) is 41.6 Å². The number of likely N-dealkylation sites (tertiary alicyclic amines) is 1. The van der Waals surface area contributed by atoms with Gasteiger partial charge in [-0.1, -0.05) is 63.3 Å².